The zero-order chi connectivity index (χ0) is 23.5. The Morgan fingerprint density at radius 2 is 1.79 bits per heavy atom. The van der Waals surface area contributed by atoms with E-state index in [-0.39, 0.29) is 11.9 Å². The lowest BCUT2D eigenvalue weighted by molar-refractivity contribution is 0.0938. The van der Waals surface area contributed by atoms with Crippen LogP contribution in [0, 0.1) is 6.92 Å². The van der Waals surface area contributed by atoms with Gasteiger partial charge in [-0.05, 0) is 81.0 Å². The molecule has 0 bridgehead atoms. The van der Waals surface area contributed by atoms with Gasteiger partial charge in [0.05, 0.1) is 17.1 Å². The summed E-state index contributed by atoms with van der Waals surface area (Å²) in [4.78, 5) is 23.3. The molecule has 3 aromatic rings. The second-order valence-corrected chi connectivity index (χ2v) is 10.0. The summed E-state index contributed by atoms with van der Waals surface area (Å²) in [6.07, 6.45) is 7.88. The summed E-state index contributed by atoms with van der Waals surface area (Å²) < 4.78 is 0. The molecule has 1 aliphatic carbocycles. The molecule has 2 heterocycles. The molecule has 0 spiro atoms. The van der Waals surface area contributed by atoms with Crippen LogP contribution in [-0.2, 0) is 0 Å². The molecule has 34 heavy (non-hydrogen) atoms. The van der Waals surface area contributed by atoms with Gasteiger partial charge in [-0.25, -0.2) is 4.98 Å². The second kappa shape index (κ2) is 10.2. The Morgan fingerprint density at radius 1 is 1.06 bits per heavy atom. The molecule has 1 saturated carbocycles. The number of fused-ring (bicyclic) bond motifs is 1. The number of nitrogens with one attached hydrogen (secondary N) is 3. The maximum atomic E-state index is 12.5. The van der Waals surface area contributed by atoms with E-state index in [0.29, 0.717) is 12.1 Å². The van der Waals surface area contributed by atoms with Crippen molar-refractivity contribution in [3.8, 4) is 0 Å². The molecule has 6 heteroatoms. The highest BCUT2D eigenvalue weighted by molar-refractivity contribution is 5.94. The van der Waals surface area contributed by atoms with E-state index < -0.39 is 0 Å². The number of benzene rings is 2. The number of piperidine rings is 1. The summed E-state index contributed by atoms with van der Waals surface area (Å²) in [5.74, 6) is 1.10. The number of aromatic nitrogens is 2. The Kier molecular flexibility index (Phi) is 6.86. The topological polar surface area (TPSA) is 73.1 Å². The number of aromatic amines is 1. The van der Waals surface area contributed by atoms with Crippen LogP contribution in [0.5, 0.6) is 0 Å². The molecule has 180 valence electrons. The SMILES string of the molecule is CC[C@@H](NC1CCN(c2ccc(C(=O)NC3CCCC3)cc2)CC1)c1nc2ccc(C)cc2[nH]1. The summed E-state index contributed by atoms with van der Waals surface area (Å²) in [7, 11) is 0. The number of imidazole rings is 1. The first-order chi connectivity index (χ1) is 16.6. The summed E-state index contributed by atoms with van der Waals surface area (Å²) in [6, 6.07) is 15.6. The number of anilines is 1. The summed E-state index contributed by atoms with van der Waals surface area (Å²) in [5, 5.41) is 7.03. The number of hydrogen-bond donors (Lipinski definition) is 3. The molecule has 0 unspecified atom stereocenters. The Labute approximate surface area is 202 Å². The molecule has 6 nitrogen and oxygen atoms in total. The molecular formula is C28H37N5O. The lowest BCUT2D eigenvalue weighted by Gasteiger charge is -2.35. The average Bonchev–Trinajstić information content (AvgIpc) is 3.52. The fourth-order valence-electron chi connectivity index (χ4n) is 5.45. The average molecular weight is 460 g/mol. The number of hydrogen-bond acceptors (Lipinski definition) is 4. The van der Waals surface area contributed by atoms with Crippen LogP contribution in [0.2, 0.25) is 0 Å². The van der Waals surface area contributed by atoms with Crippen molar-refractivity contribution in [2.24, 2.45) is 0 Å². The second-order valence-electron chi connectivity index (χ2n) is 10.0. The van der Waals surface area contributed by atoms with Gasteiger partial charge in [-0.15, -0.1) is 0 Å². The van der Waals surface area contributed by atoms with E-state index in [0.717, 1.165) is 67.6 Å². The van der Waals surface area contributed by atoms with Crippen LogP contribution >= 0.6 is 0 Å². The monoisotopic (exact) mass is 459 g/mol. The molecular weight excluding hydrogens is 422 g/mol. The van der Waals surface area contributed by atoms with E-state index in [2.05, 4.69) is 64.7 Å². The van der Waals surface area contributed by atoms with Gasteiger partial charge in [0.25, 0.3) is 5.91 Å². The van der Waals surface area contributed by atoms with Gasteiger partial charge in [0.2, 0.25) is 0 Å². The normalized spacial score (nSPS) is 18.5. The van der Waals surface area contributed by atoms with Gasteiger partial charge in [-0.1, -0.05) is 25.8 Å². The van der Waals surface area contributed by atoms with Crippen LogP contribution in [0.25, 0.3) is 11.0 Å². The first kappa shape index (κ1) is 22.9. The number of rotatable bonds is 7. The largest absolute Gasteiger partial charge is 0.371 e. The van der Waals surface area contributed by atoms with Crippen LogP contribution in [0.15, 0.2) is 42.5 Å². The van der Waals surface area contributed by atoms with Gasteiger partial charge in [-0.2, -0.15) is 0 Å². The third-order valence-electron chi connectivity index (χ3n) is 7.51. The Bertz CT molecular complexity index is 1110. The van der Waals surface area contributed by atoms with E-state index in [1.165, 1.54) is 24.1 Å². The lowest BCUT2D eigenvalue weighted by Crippen LogP contribution is -2.44. The van der Waals surface area contributed by atoms with Crippen LogP contribution in [0.3, 0.4) is 0 Å². The molecule has 1 atom stereocenters. The van der Waals surface area contributed by atoms with Crippen molar-refractivity contribution < 1.29 is 4.79 Å². The van der Waals surface area contributed by atoms with Gasteiger partial charge in [0.1, 0.15) is 5.82 Å². The fourth-order valence-corrected chi connectivity index (χ4v) is 5.45. The number of nitrogens with zero attached hydrogens (tertiary/aromatic N) is 2. The lowest BCUT2D eigenvalue weighted by atomic mass is 10.0. The summed E-state index contributed by atoms with van der Waals surface area (Å²) in [6.45, 7) is 6.36. The van der Waals surface area contributed by atoms with E-state index in [1.807, 2.05) is 12.1 Å². The molecule has 2 aromatic carbocycles. The summed E-state index contributed by atoms with van der Waals surface area (Å²) >= 11 is 0. The minimum atomic E-state index is 0.0627. The quantitative estimate of drug-likeness (QED) is 0.451. The molecule has 1 amide bonds. The third kappa shape index (κ3) is 5.12. The third-order valence-corrected chi connectivity index (χ3v) is 7.51. The fraction of sp³-hybridized carbons (Fsp3) is 0.500. The maximum Gasteiger partial charge on any atom is 0.251 e. The molecule has 1 saturated heterocycles. The Balaban J connectivity index is 1.15. The predicted molar refractivity (Wildman–Crippen MR) is 138 cm³/mol. The van der Waals surface area contributed by atoms with E-state index in [9.17, 15) is 4.79 Å². The molecule has 2 fully saturated rings. The van der Waals surface area contributed by atoms with Gasteiger partial charge in [-0.3, -0.25) is 4.79 Å². The van der Waals surface area contributed by atoms with Crippen molar-refractivity contribution in [3.63, 3.8) is 0 Å². The van der Waals surface area contributed by atoms with Crippen LogP contribution in [0.1, 0.15) is 79.7 Å². The van der Waals surface area contributed by atoms with Crippen molar-refractivity contribution in [1.29, 1.82) is 0 Å². The Hall–Kier alpha value is -2.86. The maximum absolute atomic E-state index is 12.5. The molecule has 0 radical (unpaired) electrons. The number of carbonyl (C=O) groups is 1. The number of carbonyl (C=O) groups excluding carboxylic acids is 1. The van der Waals surface area contributed by atoms with Crippen molar-refractivity contribution in [2.45, 2.75) is 76.9 Å². The van der Waals surface area contributed by atoms with Crippen LogP contribution < -0.4 is 15.5 Å². The van der Waals surface area contributed by atoms with Crippen molar-refractivity contribution in [3.05, 3.63) is 59.4 Å². The van der Waals surface area contributed by atoms with E-state index in [4.69, 9.17) is 4.98 Å². The van der Waals surface area contributed by atoms with Gasteiger partial charge >= 0.3 is 0 Å². The zero-order valence-electron chi connectivity index (χ0n) is 20.4. The first-order valence-corrected chi connectivity index (χ1v) is 13.0. The zero-order valence-corrected chi connectivity index (χ0v) is 20.4. The standard InChI is InChI=1S/C28H37N5O/c1-3-24(27-31-25-13-8-19(2)18-26(25)32-27)29-22-14-16-33(17-15-22)23-11-9-20(10-12-23)28(34)30-21-6-4-5-7-21/h8-13,18,21-22,24,29H,3-7,14-17H2,1-2H3,(H,30,34)(H,31,32)/t24-/m1/s1. The predicted octanol–water partition coefficient (Wildman–Crippen LogP) is 5.25. The molecule has 3 N–H and O–H groups in total. The highest BCUT2D eigenvalue weighted by Gasteiger charge is 2.24. The number of H-pyrrole nitrogens is 1. The smallest absolute Gasteiger partial charge is 0.251 e. The molecule has 5 rings (SSSR count). The first-order valence-electron chi connectivity index (χ1n) is 13.0. The van der Waals surface area contributed by atoms with Crippen LogP contribution in [-0.4, -0.2) is 41.0 Å². The minimum Gasteiger partial charge on any atom is -0.371 e. The minimum absolute atomic E-state index is 0.0627. The number of amides is 1. The Morgan fingerprint density at radius 3 is 2.50 bits per heavy atom. The van der Waals surface area contributed by atoms with Crippen molar-refractivity contribution >= 4 is 22.6 Å². The van der Waals surface area contributed by atoms with Gasteiger partial charge in [0.15, 0.2) is 0 Å². The summed E-state index contributed by atoms with van der Waals surface area (Å²) in [5.41, 5.74) is 5.37. The van der Waals surface area contributed by atoms with Gasteiger partial charge < -0.3 is 20.5 Å². The number of aryl methyl sites for hydroxylation is 1. The highest BCUT2D eigenvalue weighted by Crippen LogP contribution is 2.25. The van der Waals surface area contributed by atoms with E-state index >= 15 is 0 Å². The van der Waals surface area contributed by atoms with Gasteiger partial charge in [0, 0.05) is 36.4 Å². The van der Waals surface area contributed by atoms with E-state index in [1.54, 1.807) is 0 Å². The molecule has 1 aliphatic heterocycles. The van der Waals surface area contributed by atoms with Crippen molar-refractivity contribution in [1.82, 2.24) is 20.6 Å². The van der Waals surface area contributed by atoms with Crippen LogP contribution in [0.4, 0.5) is 5.69 Å². The molecule has 1 aromatic heterocycles. The molecule has 2 aliphatic rings. The van der Waals surface area contributed by atoms with Crippen molar-refractivity contribution in [2.75, 3.05) is 18.0 Å². The highest BCUT2D eigenvalue weighted by atomic mass is 16.1.